The highest BCUT2D eigenvalue weighted by Gasteiger charge is 2.26. The van der Waals surface area contributed by atoms with Crippen LogP contribution in [0.25, 0.3) is 0 Å². The van der Waals surface area contributed by atoms with E-state index in [2.05, 4.69) is 0 Å². The number of nitro benzene ring substituents is 1. The Balaban J connectivity index is 2.41. The van der Waals surface area contributed by atoms with Crippen LogP contribution in [0.5, 0.6) is 5.75 Å². The largest absolute Gasteiger partial charge is 0.478 e. The molecule has 0 aromatic heterocycles. The van der Waals surface area contributed by atoms with Gasteiger partial charge in [0.05, 0.1) is 4.92 Å². The number of carbonyl (C=O) groups is 1. The quantitative estimate of drug-likeness (QED) is 0.674. The van der Waals surface area contributed by atoms with Crippen molar-refractivity contribution in [2.75, 3.05) is 0 Å². The minimum atomic E-state index is -1.30. The summed E-state index contributed by atoms with van der Waals surface area (Å²) in [5.41, 5.74) is 0.607. The molecule has 21 heavy (non-hydrogen) atoms. The summed E-state index contributed by atoms with van der Waals surface area (Å²) < 4.78 is 5.39. The number of hydrogen-bond acceptors (Lipinski definition) is 4. The molecular formula is C15H13NO5. The van der Waals surface area contributed by atoms with Gasteiger partial charge in [-0.1, -0.05) is 42.5 Å². The van der Waals surface area contributed by atoms with E-state index >= 15 is 0 Å². The molecule has 0 saturated heterocycles. The molecule has 0 aliphatic heterocycles. The fraction of sp³-hybridized carbons (Fsp3) is 0.133. The number of aliphatic carboxylic acids is 1. The van der Waals surface area contributed by atoms with Crippen LogP contribution in [0.3, 0.4) is 0 Å². The summed E-state index contributed by atoms with van der Waals surface area (Å²) in [6.45, 7) is 1.57. The normalized spacial score (nSPS) is 11.7. The minimum Gasteiger partial charge on any atom is -0.478 e. The first-order chi connectivity index (χ1) is 10.0. The van der Waals surface area contributed by atoms with Gasteiger partial charge < -0.3 is 9.84 Å². The monoisotopic (exact) mass is 287 g/mol. The lowest BCUT2D eigenvalue weighted by molar-refractivity contribution is -0.386. The fourth-order valence-corrected chi connectivity index (χ4v) is 1.98. The highest BCUT2D eigenvalue weighted by Crippen LogP contribution is 2.33. The molecule has 0 fully saturated rings. The molecule has 0 saturated carbocycles. The fourth-order valence-electron chi connectivity index (χ4n) is 1.98. The number of para-hydroxylation sites is 1. The van der Waals surface area contributed by atoms with Gasteiger partial charge in [-0.15, -0.1) is 0 Å². The van der Waals surface area contributed by atoms with Crippen LogP contribution < -0.4 is 4.74 Å². The van der Waals surface area contributed by atoms with Crippen LogP contribution in [0.15, 0.2) is 48.5 Å². The second-order valence-corrected chi connectivity index (χ2v) is 4.43. The van der Waals surface area contributed by atoms with Gasteiger partial charge in [0.15, 0.2) is 5.75 Å². The third-order valence-corrected chi connectivity index (χ3v) is 2.95. The summed E-state index contributed by atoms with van der Waals surface area (Å²) in [6.07, 6.45) is -1.30. The van der Waals surface area contributed by atoms with Crippen LogP contribution in [0, 0.1) is 17.0 Å². The summed E-state index contributed by atoms with van der Waals surface area (Å²) >= 11 is 0. The van der Waals surface area contributed by atoms with Gasteiger partial charge in [0, 0.05) is 11.1 Å². The van der Waals surface area contributed by atoms with Gasteiger partial charge in [0.1, 0.15) is 0 Å². The lowest BCUT2D eigenvalue weighted by Gasteiger charge is -2.15. The molecule has 2 aromatic carbocycles. The zero-order valence-corrected chi connectivity index (χ0v) is 11.2. The first-order valence-corrected chi connectivity index (χ1v) is 6.19. The average Bonchev–Trinajstić information content (AvgIpc) is 2.45. The van der Waals surface area contributed by atoms with E-state index in [-0.39, 0.29) is 11.4 Å². The predicted molar refractivity (Wildman–Crippen MR) is 75.3 cm³/mol. The maximum Gasteiger partial charge on any atom is 0.349 e. The number of nitrogens with zero attached hydrogens (tertiary/aromatic N) is 1. The Morgan fingerprint density at radius 2 is 1.86 bits per heavy atom. The number of rotatable bonds is 5. The van der Waals surface area contributed by atoms with E-state index in [0.717, 1.165) is 0 Å². The Hall–Kier alpha value is -2.89. The Morgan fingerprint density at radius 3 is 2.43 bits per heavy atom. The van der Waals surface area contributed by atoms with Crippen molar-refractivity contribution in [3.05, 3.63) is 69.8 Å². The molecule has 6 heteroatoms. The number of nitro groups is 1. The predicted octanol–water partition coefficient (Wildman–Crippen LogP) is 3.11. The second-order valence-electron chi connectivity index (χ2n) is 4.43. The van der Waals surface area contributed by atoms with Crippen molar-refractivity contribution in [2.24, 2.45) is 0 Å². The first-order valence-electron chi connectivity index (χ1n) is 6.19. The number of carboxylic acid groups (broad SMARTS) is 1. The SMILES string of the molecule is Cc1cccc(OC(C(=O)O)c2ccccc2)c1[N+](=O)[O-]. The minimum absolute atomic E-state index is 0.0590. The summed E-state index contributed by atoms with van der Waals surface area (Å²) in [5.74, 6) is -1.27. The highest BCUT2D eigenvalue weighted by molar-refractivity contribution is 5.75. The molecular weight excluding hydrogens is 274 g/mol. The zero-order valence-electron chi connectivity index (χ0n) is 11.2. The van der Waals surface area contributed by atoms with Crippen LogP contribution in [0.4, 0.5) is 5.69 Å². The molecule has 0 radical (unpaired) electrons. The summed E-state index contributed by atoms with van der Waals surface area (Å²) in [7, 11) is 0. The van der Waals surface area contributed by atoms with Crippen LogP contribution in [0.2, 0.25) is 0 Å². The lowest BCUT2D eigenvalue weighted by atomic mass is 10.1. The molecule has 0 aliphatic carbocycles. The van der Waals surface area contributed by atoms with E-state index in [1.54, 1.807) is 49.4 Å². The molecule has 6 nitrogen and oxygen atoms in total. The topological polar surface area (TPSA) is 89.7 Å². The summed E-state index contributed by atoms with van der Waals surface area (Å²) in [5, 5.41) is 20.4. The second kappa shape index (κ2) is 6.04. The van der Waals surface area contributed by atoms with E-state index in [4.69, 9.17) is 4.74 Å². The third kappa shape index (κ3) is 3.17. The van der Waals surface area contributed by atoms with E-state index in [0.29, 0.717) is 11.1 Å². The first kappa shape index (κ1) is 14.5. The van der Waals surface area contributed by atoms with Crippen LogP contribution in [-0.4, -0.2) is 16.0 Å². The van der Waals surface area contributed by atoms with Gasteiger partial charge in [-0.25, -0.2) is 4.79 Å². The molecule has 0 aliphatic rings. The third-order valence-electron chi connectivity index (χ3n) is 2.95. The van der Waals surface area contributed by atoms with Crippen molar-refractivity contribution in [1.82, 2.24) is 0 Å². The Labute approximate surface area is 120 Å². The Kier molecular flexibility index (Phi) is 4.18. The van der Waals surface area contributed by atoms with Crippen LogP contribution in [-0.2, 0) is 4.79 Å². The number of aryl methyl sites for hydroxylation is 1. The summed E-state index contributed by atoms with van der Waals surface area (Å²) in [4.78, 5) is 21.9. The Bertz CT molecular complexity index is 669. The van der Waals surface area contributed by atoms with Crippen molar-refractivity contribution in [1.29, 1.82) is 0 Å². The molecule has 2 rings (SSSR count). The molecule has 1 atom stereocenters. The molecule has 0 spiro atoms. The maximum atomic E-state index is 11.4. The molecule has 1 unspecified atom stereocenters. The zero-order chi connectivity index (χ0) is 15.4. The van der Waals surface area contributed by atoms with Gasteiger partial charge in [-0.3, -0.25) is 10.1 Å². The van der Waals surface area contributed by atoms with Gasteiger partial charge >= 0.3 is 11.7 Å². The lowest BCUT2D eigenvalue weighted by Crippen LogP contribution is -2.18. The van der Waals surface area contributed by atoms with E-state index < -0.39 is 17.0 Å². The van der Waals surface area contributed by atoms with E-state index in [1.165, 1.54) is 6.07 Å². The number of ether oxygens (including phenoxy) is 1. The molecule has 2 aromatic rings. The van der Waals surface area contributed by atoms with Gasteiger partial charge in [0.25, 0.3) is 0 Å². The molecule has 0 amide bonds. The van der Waals surface area contributed by atoms with E-state index in [1.807, 2.05) is 0 Å². The summed E-state index contributed by atoms with van der Waals surface area (Å²) in [6, 6.07) is 12.9. The highest BCUT2D eigenvalue weighted by atomic mass is 16.6. The Morgan fingerprint density at radius 1 is 1.19 bits per heavy atom. The van der Waals surface area contributed by atoms with Crippen molar-refractivity contribution >= 4 is 11.7 Å². The standard InChI is InChI=1S/C15H13NO5/c1-10-6-5-9-12(13(10)16(19)20)21-14(15(17)18)11-7-3-2-4-8-11/h2-9,14H,1H3,(H,17,18). The number of benzene rings is 2. The maximum absolute atomic E-state index is 11.4. The van der Waals surface area contributed by atoms with Crippen LogP contribution in [0.1, 0.15) is 17.2 Å². The molecule has 108 valence electrons. The number of hydrogen-bond donors (Lipinski definition) is 1. The van der Waals surface area contributed by atoms with Crippen molar-refractivity contribution in [3.63, 3.8) is 0 Å². The number of carboxylic acids is 1. The molecule has 1 N–H and O–H groups in total. The van der Waals surface area contributed by atoms with Crippen molar-refractivity contribution < 1.29 is 19.6 Å². The van der Waals surface area contributed by atoms with Crippen LogP contribution >= 0.6 is 0 Å². The molecule has 0 bridgehead atoms. The molecule has 0 heterocycles. The average molecular weight is 287 g/mol. The van der Waals surface area contributed by atoms with Gasteiger partial charge in [-0.2, -0.15) is 0 Å². The van der Waals surface area contributed by atoms with Gasteiger partial charge in [-0.05, 0) is 13.0 Å². The van der Waals surface area contributed by atoms with Crippen molar-refractivity contribution in [3.8, 4) is 5.75 Å². The van der Waals surface area contributed by atoms with Crippen molar-refractivity contribution in [2.45, 2.75) is 13.0 Å². The van der Waals surface area contributed by atoms with Gasteiger partial charge in [0.2, 0.25) is 6.10 Å². The smallest absolute Gasteiger partial charge is 0.349 e. The van der Waals surface area contributed by atoms with E-state index in [9.17, 15) is 20.0 Å².